The number of para-hydroxylation sites is 1. The highest BCUT2D eigenvalue weighted by Crippen LogP contribution is 2.42. The third kappa shape index (κ3) is 4.87. The Balaban J connectivity index is 1.50. The van der Waals surface area contributed by atoms with Gasteiger partial charge < -0.3 is 19.6 Å². The van der Waals surface area contributed by atoms with Crippen LogP contribution in [0.15, 0.2) is 65.1 Å². The highest BCUT2D eigenvalue weighted by molar-refractivity contribution is 7.92. The van der Waals surface area contributed by atoms with Gasteiger partial charge in [-0.05, 0) is 60.9 Å². The van der Waals surface area contributed by atoms with Gasteiger partial charge in [0.15, 0.2) is 0 Å². The molecule has 1 fully saturated rings. The molecule has 5 aromatic rings. The van der Waals surface area contributed by atoms with Crippen LogP contribution in [0.25, 0.3) is 33.2 Å². The molecule has 2 N–H and O–H groups in total. The molecule has 0 spiro atoms. The molecule has 0 bridgehead atoms. The number of aromatic amines is 1. The number of aromatic nitrogens is 1. The number of carbonyl (C=O) groups excluding carboxylic acids is 1. The SMILES string of the molecule is CNC(=O)c1c(-c2ccc(F)cc2)oc2cc(N(C)S(C)(=O)=O)c([C@H]3CCCN(c4cc5cccc(F)c5[nH]4)C3)cc12. The zero-order valence-electron chi connectivity index (χ0n) is 23.4. The van der Waals surface area contributed by atoms with E-state index in [0.717, 1.165) is 42.4 Å². The lowest BCUT2D eigenvalue weighted by Gasteiger charge is -2.35. The second-order valence-corrected chi connectivity index (χ2v) is 12.7. The minimum absolute atomic E-state index is 0.111. The number of halogens is 2. The van der Waals surface area contributed by atoms with Crippen molar-refractivity contribution in [1.82, 2.24) is 10.3 Å². The predicted molar refractivity (Wildman–Crippen MR) is 161 cm³/mol. The van der Waals surface area contributed by atoms with E-state index in [1.807, 2.05) is 18.2 Å². The summed E-state index contributed by atoms with van der Waals surface area (Å²) in [7, 11) is -0.636. The third-order valence-corrected chi connectivity index (χ3v) is 9.22. The van der Waals surface area contributed by atoms with Crippen LogP contribution >= 0.6 is 0 Å². The van der Waals surface area contributed by atoms with Crippen LogP contribution in [0.2, 0.25) is 0 Å². The van der Waals surface area contributed by atoms with E-state index >= 15 is 0 Å². The first-order valence-corrected chi connectivity index (χ1v) is 15.4. The standard InChI is InChI=1S/C31H30F2N4O4S/c1-34-31(38)28-23-15-22(20-7-5-13-37(17-20)27-14-19-6-4-8-24(33)29(19)35-27)25(36(2)42(3,39)40)16-26(23)41-30(28)18-9-11-21(32)12-10-18/h4,6,8-12,14-16,20,35H,5,7,13,17H2,1-3H3,(H,34,38)/t20-/m0/s1. The maximum Gasteiger partial charge on any atom is 0.255 e. The van der Waals surface area contributed by atoms with Crippen LogP contribution in [-0.4, -0.2) is 52.7 Å². The van der Waals surface area contributed by atoms with Crippen LogP contribution in [0.4, 0.5) is 20.3 Å². The Morgan fingerprint density at radius 2 is 1.88 bits per heavy atom. The molecule has 0 aliphatic carbocycles. The quantitative estimate of drug-likeness (QED) is 0.252. The van der Waals surface area contributed by atoms with Gasteiger partial charge in [-0.1, -0.05) is 12.1 Å². The second-order valence-electron chi connectivity index (χ2n) is 10.7. The van der Waals surface area contributed by atoms with E-state index in [2.05, 4.69) is 15.2 Å². The molecule has 3 heterocycles. The van der Waals surface area contributed by atoms with E-state index in [0.29, 0.717) is 34.3 Å². The first kappa shape index (κ1) is 27.8. The molecule has 0 saturated carbocycles. The van der Waals surface area contributed by atoms with Gasteiger partial charge in [-0.2, -0.15) is 0 Å². The van der Waals surface area contributed by atoms with Crippen molar-refractivity contribution in [2.24, 2.45) is 0 Å². The smallest absolute Gasteiger partial charge is 0.255 e. The number of nitrogens with zero attached hydrogens (tertiary/aromatic N) is 2. The molecule has 3 aromatic carbocycles. The largest absolute Gasteiger partial charge is 0.455 e. The van der Waals surface area contributed by atoms with Gasteiger partial charge >= 0.3 is 0 Å². The molecule has 2 aromatic heterocycles. The Morgan fingerprint density at radius 3 is 2.57 bits per heavy atom. The number of hydrogen-bond donors (Lipinski definition) is 2. The number of piperidine rings is 1. The van der Waals surface area contributed by atoms with Crippen molar-refractivity contribution < 1.29 is 26.4 Å². The summed E-state index contributed by atoms with van der Waals surface area (Å²) in [5.41, 5.74) is 2.77. The van der Waals surface area contributed by atoms with Crippen molar-refractivity contribution in [3.8, 4) is 11.3 Å². The zero-order valence-corrected chi connectivity index (χ0v) is 24.2. The van der Waals surface area contributed by atoms with Crippen molar-refractivity contribution >= 4 is 49.3 Å². The van der Waals surface area contributed by atoms with E-state index in [-0.39, 0.29) is 29.0 Å². The fourth-order valence-electron chi connectivity index (χ4n) is 5.81. The number of nitrogens with one attached hydrogen (secondary N) is 2. The average Bonchev–Trinajstić information content (AvgIpc) is 3.58. The molecule has 8 nitrogen and oxygen atoms in total. The Morgan fingerprint density at radius 1 is 1.12 bits per heavy atom. The number of sulfonamides is 1. The summed E-state index contributed by atoms with van der Waals surface area (Å²) >= 11 is 0. The molecular weight excluding hydrogens is 562 g/mol. The molecule has 0 unspecified atom stereocenters. The molecule has 218 valence electrons. The van der Waals surface area contributed by atoms with Crippen molar-refractivity contribution in [3.05, 3.63) is 83.4 Å². The van der Waals surface area contributed by atoms with Gasteiger partial charge in [0.2, 0.25) is 10.0 Å². The molecule has 1 atom stereocenters. The van der Waals surface area contributed by atoms with Crippen LogP contribution in [0, 0.1) is 11.6 Å². The molecule has 11 heteroatoms. The van der Waals surface area contributed by atoms with Crippen LogP contribution < -0.4 is 14.5 Å². The number of fused-ring (bicyclic) bond motifs is 2. The molecular formula is C31H30F2N4O4S. The minimum Gasteiger partial charge on any atom is -0.455 e. The van der Waals surface area contributed by atoms with E-state index in [1.54, 1.807) is 12.1 Å². The normalized spacial score (nSPS) is 15.8. The fraction of sp³-hybridized carbons (Fsp3) is 0.258. The minimum atomic E-state index is -3.65. The lowest BCUT2D eigenvalue weighted by molar-refractivity contribution is 0.0964. The van der Waals surface area contributed by atoms with Crippen molar-refractivity contribution in [1.29, 1.82) is 0 Å². The summed E-state index contributed by atoms with van der Waals surface area (Å²) in [6.45, 7) is 1.29. The average molecular weight is 593 g/mol. The molecule has 42 heavy (non-hydrogen) atoms. The number of hydrogen-bond acceptors (Lipinski definition) is 5. The van der Waals surface area contributed by atoms with Gasteiger partial charge in [0.1, 0.15) is 28.8 Å². The summed E-state index contributed by atoms with van der Waals surface area (Å²) < 4.78 is 61.0. The first-order valence-electron chi connectivity index (χ1n) is 13.6. The lowest BCUT2D eigenvalue weighted by atomic mass is 9.88. The Kier molecular flexibility index (Phi) is 6.92. The van der Waals surface area contributed by atoms with Crippen LogP contribution in [0.3, 0.4) is 0 Å². The van der Waals surface area contributed by atoms with E-state index in [9.17, 15) is 22.0 Å². The molecule has 1 aliphatic rings. The number of benzene rings is 3. The number of amides is 1. The summed E-state index contributed by atoms with van der Waals surface area (Å²) in [6, 6.07) is 16.0. The summed E-state index contributed by atoms with van der Waals surface area (Å²) in [4.78, 5) is 18.5. The van der Waals surface area contributed by atoms with Crippen LogP contribution in [-0.2, 0) is 10.0 Å². The fourth-order valence-corrected chi connectivity index (χ4v) is 6.32. The second kappa shape index (κ2) is 10.5. The van der Waals surface area contributed by atoms with Crippen LogP contribution in [0.1, 0.15) is 34.7 Å². The zero-order chi connectivity index (χ0) is 29.8. The Bertz CT molecular complexity index is 1930. The van der Waals surface area contributed by atoms with Crippen molar-refractivity contribution in [2.45, 2.75) is 18.8 Å². The summed E-state index contributed by atoms with van der Waals surface area (Å²) in [5, 5.41) is 3.96. The number of H-pyrrole nitrogens is 1. The van der Waals surface area contributed by atoms with Crippen molar-refractivity contribution in [3.63, 3.8) is 0 Å². The van der Waals surface area contributed by atoms with Gasteiger partial charge in [-0.15, -0.1) is 0 Å². The van der Waals surface area contributed by atoms with Gasteiger partial charge in [-0.25, -0.2) is 17.2 Å². The Hall–Kier alpha value is -4.38. The molecule has 1 saturated heterocycles. The molecule has 6 rings (SSSR count). The predicted octanol–water partition coefficient (Wildman–Crippen LogP) is 6.00. The highest BCUT2D eigenvalue weighted by Gasteiger charge is 2.30. The van der Waals surface area contributed by atoms with Crippen LogP contribution in [0.5, 0.6) is 0 Å². The maximum absolute atomic E-state index is 14.4. The monoisotopic (exact) mass is 592 g/mol. The van der Waals surface area contributed by atoms with E-state index < -0.39 is 15.8 Å². The molecule has 1 amide bonds. The third-order valence-electron chi connectivity index (χ3n) is 8.03. The van der Waals surface area contributed by atoms with Gasteiger partial charge in [-0.3, -0.25) is 9.10 Å². The number of furan rings is 1. The number of anilines is 2. The van der Waals surface area contributed by atoms with Gasteiger partial charge in [0, 0.05) is 55.5 Å². The molecule has 1 aliphatic heterocycles. The highest BCUT2D eigenvalue weighted by atomic mass is 32.2. The lowest BCUT2D eigenvalue weighted by Crippen LogP contribution is -2.35. The topological polar surface area (TPSA) is 98.7 Å². The number of carbonyl (C=O) groups is 1. The van der Waals surface area contributed by atoms with E-state index in [4.69, 9.17) is 4.42 Å². The summed E-state index contributed by atoms with van der Waals surface area (Å²) in [6.07, 6.45) is 2.73. The van der Waals surface area contributed by atoms with Crippen molar-refractivity contribution in [2.75, 3.05) is 42.6 Å². The van der Waals surface area contributed by atoms with Gasteiger partial charge in [0.25, 0.3) is 5.91 Å². The Labute approximate surface area is 242 Å². The first-order chi connectivity index (χ1) is 20.0. The van der Waals surface area contributed by atoms with Gasteiger partial charge in [0.05, 0.1) is 23.0 Å². The number of rotatable bonds is 6. The maximum atomic E-state index is 14.4. The van der Waals surface area contributed by atoms with E-state index in [1.165, 1.54) is 48.7 Å². The summed E-state index contributed by atoms with van der Waals surface area (Å²) in [5.74, 6) is -0.190. The molecule has 0 radical (unpaired) electrons.